The highest BCUT2D eigenvalue weighted by atomic mass is 35.5. The van der Waals surface area contributed by atoms with Crippen LogP contribution < -0.4 is 11.1 Å². The minimum atomic E-state index is -0.729. The number of nitrogens with one attached hydrogen (secondary N) is 1. The Morgan fingerprint density at radius 2 is 2.10 bits per heavy atom. The average molecular weight is 296 g/mol. The average Bonchev–Trinajstić information content (AvgIpc) is 2.43. The summed E-state index contributed by atoms with van der Waals surface area (Å²) in [7, 11) is 0. The van der Waals surface area contributed by atoms with Crippen molar-refractivity contribution in [2.24, 2.45) is 5.73 Å². The number of fused-ring (bicyclic) bond motifs is 3. The number of aryl methyl sites for hydroxylation is 1. The van der Waals surface area contributed by atoms with E-state index in [0.29, 0.717) is 36.0 Å². The van der Waals surface area contributed by atoms with Crippen LogP contribution in [0.5, 0.6) is 0 Å². The van der Waals surface area contributed by atoms with Gasteiger partial charge in [0, 0.05) is 5.54 Å². The van der Waals surface area contributed by atoms with Crippen molar-refractivity contribution in [3.8, 4) is 0 Å². The second kappa shape index (κ2) is 4.69. The summed E-state index contributed by atoms with van der Waals surface area (Å²) in [5, 5.41) is 3.33. The third-order valence-corrected chi connectivity index (χ3v) is 4.61. The Morgan fingerprint density at radius 3 is 2.65 bits per heavy atom. The van der Waals surface area contributed by atoms with Gasteiger partial charge in [0.25, 0.3) is 5.91 Å². The predicted octanol–water partition coefficient (Wildman–Crippen LogP) is 2.02. The number of amides is 1. The van der Waals surface area contributed by atoms with Crippen LogP contribution in [0.1, 0.15) is 31.4 Å². The topological polar surface area (TPSA) is 77.2 Å². The second-order valence-electron chi connectivity index (χ2n) is 5.87. The van der Waals surface area contributed by atoms with Crippen molar-refractivity contribution >= 4 is 23.2 Å². The smallest absolute Gasteiger partial charge is 0.256 e. The number of aromatic nitrogens is 1. The Kier molecular flexibility index (Phi) is 3.23. The summed E-state index contributed by atoms with van der Waals surface area (Å²) in [6.07, 6.45) is 3.02. The van der Waals surface area contributed by atoms with E-state index in [0.717, 1.165) is 12.8 Å². The van der Waals surface area contributed by atoms with Crippen molar-refractivity contribution < 1.29 is 9.53 Å². The number of carbonyl (C=O) groups excluding carboxylic acids is 1. The van der Waals surface area contributed by atoms with Crippen LogP contribution in [0.3, 0.4) is 0 Å². The third-order valence-electron chi connectivity index (χ3n) is 4.40. The molecule has 3 fully saturated rings. The fraction of sp³-hybridized carbons (Fsp3) is 0.571. The Labute approximate surface area is 122 Å². The van der Waals surface area contributed by atoms with Gasteiger partial charge in [-0.25, -0.2) is 4.98 Å². The molecule has 1 saturated carbocycles. The number of nitrogens with zero attached hydrogens (tertiary/aromatic N) is 1. The molecule has 2 saturated heterocycles. The minimum absolute atomic E-state index is 0.105. The van der Waals surface area contributed by atoms with Gasteiger partial charge in [0.15, 0.2) is 0 Å². The van der Waals surface area contributed by atoms with Crippen LogP contribution in [0, 0.1) is 6.92 Å². The van der Waals surface area contributed by atoms with E-state index in [9.17, 15) is 4.79 Å². The highest BCUT2D eigenvalue weighted by Gasteiger charge is 2.52. The molecule has 6 heteroatoms. The van der Waals surface area contributed by atoms with Crippen molar-refractivity contribution in [2.45, 2.75) is 43.7 Å². The molecule has 1 aromatic heterocycles. The number of ether oxygens (including phenoxy) is 1. The number of anilines is 1. The molecule has 108 valence electrons. The monoisotopic (exact) mass is 295 g/mol. The zero-order valence-corrected chi connectivity index (χ0v) is 12.2. The zero-order chi connectivity index (χ0) is 14.4. The lowest BCUT2D eigenvalue weighted by Crippen LogP contribution is -2.63. The predicted molar refractivity (Wildman–Crippen MR) is 76.7 cm³/mol. The van der Waals surface area contributed by atoms with Gasteiger partial charge in [-0.1, -0.05) is 11.6 Å². The quantitative estimate of drug-likeness (QED) is 0.818. The molecule has 0 unspecified atom stereocenters. The molecular formula is C14H18ClN3O2. The van der Waals surface area contributed by atoms with Crippen molar-refractivity contribution in [1.82, 2.24) is 4.98 Å². The fourth-order valence-corrected chi connectivity index (χ4v) is 3.10. The lowest BCUT2D eigenvalue weighted by Gasteiger charge is -2.50. The molecule has 1 amide bonds. The summed E-state index contributed by atoms with van der Waals surface area (Å²) < 4.78 is 5.78. The maximum Gasteiger partial charge on any atom is 0.256 e. The minimum Gasteiger partial charge on any atom is -0.363 e. The van der Waals surface area contributed by atoms with Crippen LogP contribution in [0.2, 0.25) is 5.15 Å². The number of carbonyl (C=O) groups is 1. The first-order valence-corrected chi connectivity index (χ1v) is 7.18. The van der Waals surface area contributed by atoms with Crippen LogP contribution in [0.25, 0.3) is 0 Å². The number of pyridine rings is 1. The molecule has 4 rings (SSSR count). The largest absolute Gasteiger partial charge is 0.363 e. The molecule has 0 atom stereocenters. The molecule has 3 heterocycles. The standard InChI is InChI=1S/C14H18ClN3O2/c1-9-10(2-3-11(15)17-9)18-12(19)14-6-4-13(16,5-7-14)8-20-14/h2-3H,4-8,16H2,1H3,(H,18,19). The van der Waals surface area contributed by atoms with Gasteiger partial charge in [-0.05, 0) is 44.7 Å². The highest BCUT2D eigenvalue weighted by Crippen LogP contribution is 2.42. The molecule has 1 aliphatic carbocycles. The third kappa shape index (κ3) is 2.30. The van der Waals surface area contributed by atoms with Crippen LogP contribution >= 0.6 is 11.6 Å². The Morgan fingerprint density at radius 1 is 1.40 bits per heavy atom. The summed E-state index contributed by atoms with van der Waals surface area (Å²) in [4.78, 5) is 16.7. The molecule has 3 N–H and O–H groups in total. The van der Waals surface area contributed by atoms with Gasteiger partial charge in [-0.3, -0.25) is 4.79 Å². The molecule has 0 spiro atoms. The summed E-state index contributed by atoms with van der Waals surface area (Å²) in [5.41, 5.74) is 6.57. The first-order chi connectivity index (χ1) is 9.42. The van der Waals surface area contributed by atoms with E-state index < -0.39 is 5.60 Å². The maximum atomic E-state index is 12.5. The van der Waals surface area contributed by atoms with E-state index in [2.05, 4.69) is 10.3 Å². The number of halogens is 1. The highest BCUT2D eigenvalue weighted by molar-refractivity contribution is 6.29. The molecular weight excluding hydrogens is 278 g/mol. The number of rotatable bonds is 2. The van der Waals surface area contributed by atoms with E-state index in [4.69, 9.17) is 22.1 Å². The van der Waals surface area contributed by atoms with Crippen LogP contribution in [0.15, 0.2) is 12.1 Å². The molecule has 2 bridgehead atoms. The fourth-order valence-electron chi connectivity index (χ4n) is 2.91. The van der Waals surface area contributed by atoms with Gasteiger partial charge in [0.05, 0.1) is 18.0 Å². The Balaban J connectivity index is 1.76. The van der Waals surface area contributed by atoms with E-state index in [1.807, 2.05) is 6.92 Å². The molecule has 1 aromatic rings. The SMILES string of the molecule is Cc1nc(Cl)ccc1NC(=O)C12CCC(N)(CC1)CO2. The Hall–Kier alpha value is -1.17. The summed E-state index contributed by atoms with van der Waals surface area (Å²) in [6.45, 7) is 2.27. The van der Waals surface area contributed by atoms with Crippen molar-refractivity contribution in [2.75, 3.05) is 11.9 Å². The number of hydrogen-bond donors (Lipinski definition) is 2. The van der Waals surface area contributed by atoms with E-state index in [-0.39, 0.29) is 11.4 Å². The van der Waals surface area contributed by atoms with Crippen molar-refractivity contribution in [3.63, 3.8) is 0 Å². The number of hydrogen-bond acceptors (Lipinski definition) is 4. The lowest BCUT2D eigenvalue weighted by atomic mass is 9.71. The lowest BCUT2D eigenvalue weighted by molar-refractivity contribution is -0.171. The molecule has 0 aromatic carbocycles. The van der Waals surface area contributed by atoms with Crippen LogP contribution in [-0.2, 0) is 9.53 Å². The molecule has 2 aliphatic heterocycles. The summed E-state index contributed by atoms with van der Waals surface area (Å²) >= 11 is 5.82. The maximum absolute atomic E-state index is 12.5. The van der Waals surface area contributed by atoms with Gasteiger partial charge in [0.2, 0.25) is 0 Å². The molecule has 5 nitrogen and oxygen atoms in total. The van der Waals surface area contributed by atoms with Gasteiger partial charge in [-0.15, -0.1) is 0 Å². The summed E-state index contributed by atoms with van der Waals surface area (Å²) in [6, 6.07) is 3.42. The zero-order valence-electron chi connectivity index (χ0n) is 11.4. The van der Waals surface area contributed by atoms with Crippen LogP contribution in [-0.4, -0.2) is 28.6 Å². The van der Waals surface area contributed by atoms with Gasteiger partial charge < -0.3 is 15.8 Å². The second-order valence-corrected chi connectivity index (χ2v) is 6.25. The normalized spacial score (nSPS) is 32.1. The summed E-state index contributed by atoms with van der Waals surface area (Å²) in [5.74, 6) is -0.105. The van der Waals surface area contributed by atoms with Crippen molar-refractivity contribution in [1.29, 1.82) is 0 Å². The van der Waals surface area contributed by atoms with E-state index in [1.165, 1.54) is 0 Å². The van der Waals surface area contributed by atoms with E-state index >= 15 is 0 Å². The van der Waals surface area contributed by atoms with Gasteiger partial charge in [0.1, 0.15) is 10.8 Å². The van der Waals surface area contributed by atoms with E-state index in [1.54, 1.807) is 12.1 Å². The number of nitrogens with two attached hydrogens (primary N) is 1. The van der Waals surface area contributed by atoms with Crippen LogP contribution in [0.4, 0.5) is 5.69 Å². The molecule has 20 heavy (non-hydrogen) atoms. The van der Waals surface area contributed by atoms with Gasteiger partial charge in [-0.2, -0.15) is 0 Å². The first kappa shape index (κ1) is 13.8. The first-order valence-electron chi connectivity index (χ1n) is 6.80. The Bertz CT molecular complexity index is 537. The molecule has 0 radical (unpaired) electrons. The molecule has 3 aliphatic rings. The van der Waals surface area contributed by atoms with Crippen molar-refractivity contribution in [3.05, 3.63) is 23.0 Å². The van der Waals surface area contributed by atoms with Gasteiger partial charge >= 0.3 is 0 Å².